The van der Waals surface area contributed by atoms with Gasteiger partial charge in [-0.05, 0) is 68.7 Å². The minimum Gasteiger partial charge on any atom is -0.348 e. The highest BCUT2D eigenvalue weighted by atomic mass is 32.2. The molecule has 31 heavy (non-hydrogen) atoms. The molecule has 5 nitrogen and oxygen atoms in total. The van der Waals surface area contributed by atoms with Crippen molar-refractivity contribution in [3.05, 3.63) is 95.1 Å². The van der Waals surface area contributed by atoms with E-state index < -0.39 is 10.0 Å². The number of anilines is 1. The molecule has 0 fully saturated rings. The molecule has 0 aliphatic carbocycles. The van der Waals surface area contributed by atoms with Crippen molar-refractivity contribution < 1.29 is 13.2 Å². The lowest BCUT2D eigenvalue weighted by Crippen LogP contribution is -2.41. The third-order valence-corrected chi connectivity index (χ3v) is 6.86. The van der Waals surface area contributed by atoms with Crippen LogP contribution in [0.4, 0.5) is 5.69 Å². The average Bonchev–Trinajstić information content (AvgIpc) is 2.72. The molecule has 0 radical (unpaired) electrons. The van der Waals surface area contributed by atoms with Crippen LogP contribution in [0.5, 0.6) is 0 Å². The predicted octanol–water partition coefficient (Wildman–Crippen LogP) is 4.68. The maximum absolute atomic E-state index is 13.5. The van der Waals surface area contributed by atoms with Crippen molar-refractivity contribution in [1.82, 2.24) is 5.32 Å². The van der Waals surface area contributed by atoms with Gasteiger partial charge < -0.3 is 5.32 Å². The summed E-state index contributed by atoms with van der Waals surface area (Å²) >= 11 is 0. The molecule has 3 aromatic rings. The molecular formula is C25H28N2O3S. The van der Waals surface area contributed by atoms with Crippen molar-refractivity contribution in [2.45, 2.75) is 38.6 Å². The fourth-order valence-electron chi connectivity index (χ4n) is 3.49. The smallest absolute Gasteiger partial charge is 0.264 e. The Labute approximate surface area is 184 Å². The zero-order valence-corrected chi connectivity index (χ0v) is 19.1. The Morgan fingerprint density at radius 2 is 1.45 bits per heavy atom. The highest BCUT2D eigenvalue weighted by molar-refractivity contribution is 7.92. The highest BCUT2D eigenvalue weighted by Gasteiger charge is 2.28. The molecule has 0 saturated heterocycles. The first-order valence-electron chi connectivity index (χ1n) is 10.2. The number of amides is 1. The van der Waals surface area contributed by atoms with Crippen LogP contribution in [0.25, 0.3) is 0 Å². The highest BCUT2D eigenvalue weighted by Crippen LogP contribution is 2.26. The van der Waals surface area contributed by atoms with E-state index in [2.05, 4.69) is 5.32 Å². The van der Waals surface area contributed by atoms with E-state index in [9.17, 15) is 13.2 Å². The van der Waals surface area contributed by atoms with E-state index in [1.165, 1.54) is 4.31 Å². The molecule has 0 unspecified atom stereocenters. The van der Waals surface area contributed by atoms with Crippen molar-refractivity contribution in [2.75, 3.05) is 10.8 Å². The Bertz CT molecular complexity index is 1140. The fraction of sp³-hybridized carbons (Fsp3) is 0.240. The number of nitrogens with one attached hydrogen (secondary N) is 1. The maximum atomic E-state index is 13.5. The second-order valence-electron chi connectivity index (χ2n) is 7.87. The van der Waals surface area contributed by atoms with Crippen molar-refractivity contribution in [3.8, 4) is 0 Å². The lowest BCUT2D eigenvalue weighted by molar-refractivity contribution is -0.120. The first kappa shape index (κ1) is 22.6. The normalized spacial score (nSPS) is 12.3. The van der Waals surface area contributed by atoms with Crippen LogP contribution in [-0.4, -0.2) is 20.9 Å². The lowest BCUT2D eigenvalue weighted by Gasteiger charge is -2.26. The molecule has 6 heteroatoms. The Balaban J connectivity index is 1.94. The Morgan fingerprint density at radius 3 is 2.03 bits per heavy atom. The van der Waals surface area contributed by atoms with Crippen LogP contribution in [0.2, 0.25) is 0 Å². The summed E-state index contributed by atoms with van der Waals surface area (Å²) in [6, 6.07) is 21.5. The molecule has 3 aromatic carbocycles. The summed E-state index contributed by atoms with van der Waals surface area (Å²) < 4.78 is 28.2. The summed E-state index contributed by atoms with van der Waals surface area (Å²) in [5, 5.41) is 2.91. The number of nitrogens with zero attached hydrogens (tertiary/aromatic N) is 1. The molecule has 1 amide bonds. The maximum Gasteiger partial charge on any atom is 0.264 e. The zero-order valence-electron chi connectivity index (χ0n) is 18.3. The number of aryl methyl sites for hydroxylation is 3. The standard InChI is InChI=1S/C25H28N2O3S/c1-18-10-12-24(13-11-18)31(29,30)27(23-15-19(2)14-20(3)16-23)17-25(28)26-21(4)22-8-6-5-7-9-22/h5-16,21H,17H2,1-4H3,(H,26,28)/t21-/m1/s1. The van der Waals surface area contributed by atoms with E-state index in [4.69, 9.17) is 0 Å². The average molecular weight is 437 g/mol. The lowest BCUT2D eigenvalue weighted by atomic mass is 10.1. The summed E-state index contributed by atoms with van der Waals surface area (Å²) in [7, 11) is -3.93. The second kappa shape index (κ2) is 9.35. The number of carbonyl (C=O) groups excluding carboxylic acids is 1. The van der Waals surface area contributed by atoms with E-state index >= 15 is 0 Å². The molecule has 0 aliphatic heterocycles. The minimum atomic E-state index is -3.93. The Kier molecular flexibility index (Phi) is 6.81. The number of benzene rings is 3. The van der Waals surface area contributed by atoms with Gasteiger partial charge in [0, 0.05) is 0 Å². The molecule has 162 valence electrons. The van der Waals surface area contributed by atoms with Crippen molar-refractivity contribution in [3.63, 3.8) is 0 Å². The van der Waals surface area contributed by atoms with Gasteiger partial charge in [-0.25, -0.2) is 8.42 Å². The fourth-order valence-corrected chi connectivity index (χ4v) is 4.89. The van der Waals surface area contributed by atoms with Gasteiger partial charge in [-0.3, -0.25) is 9.10 Å². The van der Waals surface area contributed by atoms with Gasteiger partial charge in [0.2, 0.25) is 5.91 Å². The van der Waals surface area contributed by atoms with Gasteiger partial charge in [0.15, 0.2) is 0 Å². The van der Waals surface area contributed by atoms with Gasteiger partial charge in [-0.15, -0.1) is 0 Å². The summed E-state index contributed by atoms with van der Waals surface area (Å²) in [6.07, 6.45) is 0. The predicted molar refractivity (Wildman–Crippen MR) is 125 cm³/mol. The van der Waals surface area contributed by atoms with E-state index in [0.717, 1.165) is 22.3 Å². The zero-order chi connectivity index (χ0) is 22.6. The molecule has 0 aromatic heterocycles. The van der Waals surface area contributed by atoms with Gasteiger partial charge in [0.05, 0.1) is 16.6 Å². The largest absolute Gasteiger partial charge is 0.348 e. The van der Waals surface area contributed by atoms with Crippen LogP contribution in [0, 0.1) is 20.8 Å². The number of rotatable bonds is 7. The quantitative estimate of drug-likeness (QED) is 0.585. The Morgan fingerprint density at radius 1 is 0.871 bits per heavy atom. The van der Waals surface area contributed by atoms with E-state index in [-0.39, 0.29) is 23.4 Å². The summed E-state index contributed by atoms with van der Waals surface area (Å²) in [5.41, 5.74) is 4.25. The van der Waals surface area contributed by atoms with E-state index in [1.54, 1.807) is 36.4 Å². The number of sulfonamides is 1. The van der Waals surface area contributed by atoms with Gasteiger partial charge in [-0.2, -0.15) is 0 Å². The van der Waals surface area contributed by atoms with Crippen LogP contribution in [0.3, 0.4) is 0 Å². The van der Waals surface area contributed by atoms with Gasteiger partial charge in [-0.1, -0.05) is 54.1 Å². The number of hydrogen-bond acceptors (Lipinski definition) is 3. The van der Waals surface area contributed by atoms with Crippen LogP contribution in [-0.2, 0) is 14.8 Å². The van der Waals surface area contributed by atoms with Gasteiger partial charge in [0.1, 0.15) is 6.54 Å². The van der Waals surface area contributed by atoms with Crippen molar-refractivity contribution in [1.29, 1.82) is 0 Å². The van der Waals surface area contributed by atoms with Crippen molar-refractivity contribution >= 4 is 21.6 Å². The molecule has 0 aliphatic rings. The SMILES string of the molecule is Cc1ccc(S(=O)(=O)N(CC(=O)N[C@H](C)c2ccccc2)c2cc(C)cc(C)c2)cc1. The molecule has 0 bridgehead atoms. The second-order valence-corrected chi connectivity index (χ2v) is 9.73. The monoisotopic (exact) mass is 436 g/mol. The summed E-state index contributed by atoms with van der Waals surface area (Å²) in [5.74, 6) is -0.369. The van der Waals surface area contributed by atoms with Gasteiger partial charge >= 0.3 is 0 Å². The van der Waals surface area contributed by atoms with Crippen LogP contribution < -0.4 is 9.62 Å². The molecule has 1 N–H and O–H groups in total. The number of carbonyl (C=O) groups is 1. The Hall–Kier alpha value is -3.12. The molecule has 0 spiro atoms. The van der Waals surface area contributed by atoms with Crippen LogP contribution in [0.1, 0.15) is 35.2 Å². The molecule has 3 rings (SSSR count). The topological polar surface area (TPSA) is 66.5 Å². The summed E-state index contributed by atoms with van der Waals surface area (Å²) in [4.78, 5) is 13.0. The third-order valence-electron chi connectivity index (χ3n) is 5.07. The molecular weight excluding hydrogens is 408 g/mol. The number of hydrogen-bond donors (Lipinski definition) is 1. The molecule has 0 saturated carbocycles. The minimum absolute atomic E-state index is 0.154. The molecule has 0 heterocycles. The van der Waals surface area contributed by atoms with E-state index in [1.807, 2.05) is 64.1 Å². The first-order valence-corrected chi connectivity index (χ1v) is 11.6. The summed E-state index contributed by atoms with van der Waals surface area (Å²) in [6.45, 7) is 7.28. The van der Waals surface area contributed by atoms with Crippen molar-refractivity contribution in [2.24, 2.45) is 0 Å². The van der Waals surface area contributed by atoms with Crippen LogP contribution >= 0.6 is 0 Å². The van der Waals surface area contributed by atoms with Crippen LogP contribution in [0.15, 0.2) is 77.7 Å². The third kappa shape index (κ3) is 5.52. The van der Waals surface area contributed by atoms with Gasteiger partial charge in [0.25, 0.3) is 10.0 Å². The first-order chi connectivity index (χ1) is 14.7. The van der Waals surface area contributed by atoms with E-state index in [0.29, 0.717) is 5.69 Å². The molecule has 1 atom stereocenters.